The Balaban J connectivity index is 1.85. The molecule has 31 heavy (non-hydrogen) atoms. The van der Waals surface area contributed by atoms with Gasteiger partial charge in [-0.2, -0.15) is 0 Å². The van der Waals surface area contributed by atoms with Crippen molar-refractivity contribution in [3.8, 4) is 11.5 Å². The van der Waals surface area contributed by atoms with Crippen molar-refractivity contribution in [1.29, 1.82) is 0 Å². The maximum absolute atomic E-state index is 12.4. The molecule has 1 N–H and O–H groups in total. The van der Waals surface area contributed by atoms with Crippen LogP contribution in [0.15, 0.2) is 36.0 Å². The summed E-state index contributed by atoms with van der Waals surface area (Å²) in [7, 11) is 0. The Morgan fingerprint density at radius 2 is 1.77 bits per heavy atom. The van der Waals surface area contributed by atoms with Gasteiger partial charge in [-0.15, -0.1) is 0 Å². The molecule has 1 aliphatic heterocycles. The van der Waals surface area contributed by atoms with E-state index in [0.29, 0.717) is 51.7 Å². The van der Waals surface area contributed by atoms with Gasteiger partial charge in [-0.1, -0.05) is 47.8 Å². The van der Waals surface area contributed by atoms with Crippen molar-refractivity contribution in [2.45, 2.75) is 26.9 Å². The van der Waals surface area contributed by atoms with E-state index in [-0.39, 0.29) is 18.2 Å². The molecule has 0 saturated carbocycles. The van der Waals surface area contributed by atoms with Gasteiger partial charge in [0, 0.05) is 6.54 Å². The second-order valence-electron chi connectivity index (χ2n) is 6.75. The molecule has 1 heterocycles. The van der Waals surface area contributed by atoms with Crippen molar-refractivity contribution >= 4 is 52.8 Å². The van der Waals surface area contributed by atoms with E-state index in [4.69, 9.17) is 44.3 Å². The number of imide groups is 1. The van der Waals surface area contributed by atoms with Gasteiger partial charge in [-0.3, -0.25) is 9.69 Å². The number of benzene rings is 2. The van der Waals surface area contributed by atoms with Crippen LogP contribution in [0.25, 0.3) is 6.08 Å². The number of hydrogen-bond acceptors (Lipinski definition) is 4. The van der Waals surface area contributed by atoms with Crippen LogP contribution >= 0.6 is 34.8 Å². The average molecular weight is 484 g/mol. The minimum atomic E-state index is -0.434. The lowest BCUT2D eigenvalue weighted by molar-refractivity contribution is -0.122. The lowest BCUT2D eigenvalue weighted by atomic mass is 10.1. The molecule has 2 aromatic carbocycles. The summed E-state index contributed by atoms with van der Waals surface area (Å²) in [5.74, 6) is 0.413. The molecular formula is C22H21Cl3N2O4. The summed E-state index contributed by atoms with van der Waals surface area (Å²) in [6.45, 7) is 4.68. The summed E-state index contributed by atoms with van der Waals surface area (Å²) in [6, 6.07) is 8.12. The Hall–Kier alpha value is -2.41. The van der Waals surface area contributed by atoms with Crippen LogP contribution in [0.1, 0.15) is 31.4 Å². The fourth-order valence-electron chi connectivity index (χ4n) is 3.02. The number of nitrogens with one attached hydrogen (secondary N) is 1. The van der Waals surface area contributed by atoms with Crippen molar-refractivity contribution in [3.05, 3.63) is 62.2 Å². The first-order chi connectivity index (χ1) is 14.8. The Morgan fingerprint density at radius 1 is 1.00 bits per heavy atom. The predicted octanol–water partition coefficient (Wildman–Crippen LogP) is 5.93. The Labute approximate surface area is 195 Å². The van der Waals surface area contributed by atoms with Crippen LogP contribution in [0.3, 0.4) is 0 Å². The minimum absolute atomic E-state index is 0.182. The number of hydrogen-bond donors (Lipinski definition) is 1. The molecule has 1 aliphatic rings. The first-order valence-electron chi connectivity index (χ1n) is 9.71. The average Bonchev–Trinajstić information content (AvgIpc) is 2.98. The molecule has 0 spiro atoms. The molecule has 0 atom stereocenters. The standard InChI is InChI=1S/C22H21Cl3N2O4/c1-3-7-27-21(28)18(26-22(27)29)10-14-9-17(25)20(19(11-14)30-4-2)31-12-13-5-6-15(23)16(24)8-13/h5-6,8-11H,3-4,7,12H2,1-2H3,(H,26,29)/b18-10+. The highest BCUT2D eigenvalue weighted by molar-refractivity contribution is 6.42. The summed E-state index contributed by atoms with van der Waals surface area (Å²) in [5, 5.41) is 3.79. The first-order valence-corrected chi connectivity index (χ1v) is 10.8. The number of carbonyl (C=O) groups is 2. The molecule has 1 fully saturated rings. The highest BCUT2D eigenvalue weighted by Gasteiger charge is 2.32. The fourth-order valence-corrected chi connectivity index (χ4v) is 3.62. The number of rotatable bonds is 8. The molecule has 6 nitrogen and oxygen atoms in total. The molecule has 0 bridgehead atoms. The van der Waals surface area contributed by atoms with Gasteiger partial charge in [0.2, 0.25) is 0 Å². The van der Waals surface area contributed by atoms with Gasteiger partial charge in [0.25, 0.3) is 5.91 Å². The molecule has 0 aliphatic carbocycles. The number of halogens is 3. The van der Waals surface area contributed by atoms with Gasteiger partial charge in [0.1, 0.15) is 12.3 Å². The van der Waals surface area contributed by atoms with Crippen LogP contribution in [0.4, 0.5) is 4.79 Å². The Bertz CT molecular complexity index is 1040. The third-order valence-electron chi connectivity index (χ3n) is 4.42. The maximum Gasteiger partial charge on any atom is 0.329 e. The van der Waals surface area contributed by atoms with E-state index in [1.54, 1.807) is 36.4 Å². The second kappa shape index (κ2) is 10.3. The van der Waals surface area contributed by atoms with Gasteiger partial charge < -0.3 is 14.8 Å². The van der Waals surface area contributed by atoms with Crippen LogP contribution in [-0.2, 0) is 11.4 Å². The van der Waals surface area contributed by atoms with Crippen LogP contribution in [0.5, 0.6) is 11.5 Å². The van der Waals surface area contributed by atoms with Gasteiger partial charge in [0.05, 0.1) is 21.7 Å². The zero-order valence-corrected chi connectivity index (χ0v) is 19.3. The summed E-state index contributed by atoms with van der Waals surface area (Å²) in [6.07, 6.45) is 2.24. The van der Waals surface area contributed by atoms with E-state index >= 15 is 0 Å². The highest BCUT2D eigenvalue weighted by atomic mass is 35.5. The zero-order chi connectivity index (χ0) is 22.5. The van der Waals surface area contributed by atoms with E-state index in [9.17, 15) is 9.59 Å². The maximum atomic E-state index is 12.4. The van der Waals surface area contributed by atoms with Crippen molar-refractivity contribution in [1.82, 2.24) is 10.2 Å². The summed E-state index contributed by atoms with van der Waals surface area (Å²) < 4.78 is 11.6. The smallest absolute Gasteiger partial charge is 0.329 e. The van der Waals surface area contributed by atoms with E-state index in [0.717, 1.165) is 5.56 Å². The van der Waals surface area contributed by atoms with Crippen molar-refractivity contribution < 1.29 is 19.1 Å². The first kappa shape index (κ1) is 23.3. The molecule has 2 aromatic rings. The molecule has 3 rings (SSSR count). The molecule has 0 aromatic heterocycles. The summed E-state index contributed by atoms with van der Waals surface area (Å²) >= 11 is 18.5. The normalized spacial score (nSPS) is 14.9. The van der Waals surface area contributed by atoms with Crippen LogP contribution in [0.2, 0.25) is 15.1 Å². The summed E-state index contributed by atoms with van der Waals surface area (Å²) in [5.41, 5.74) is 1.59. The zero-order valence-electron chi connectivity index (χ0n) is 17.0. The van der Waals surface area contributed by atoms with E-state index in [2.05, 4.69) is 5.32 Å². The number of nitrogens with zero attached hydrogens (tertiary/aromatic N) is 1. The Morgan fingerprint density at radius 3 is 2.45 bits per heavy atom. The second-order valence-corrected chi connectivity index (χ2v) is 7.97. The fraction of sp³-hybridized carbons (Fsp3) is 0.273. The number of urea groups is 1. The lowest BCUT2D eigenvalue weighted by Gasteiger charge is -2.15. The van der Waals surface area contributed by atoms with Gasteiger partial charge in [-0.25, -0.2) is 4.79 Å². The monoisotopic (exact) mass is 482 g/mol. The molecule has 164 valence electrons. The number of amides is 3. The quantitative estimate of drug-likeness (QED) is 0.373. The minimum Gasteiger partial charge on any atom is -0.490 e. The van der Waals surface area contributed by atoms with Gasteiger partial charge in [0.15, 0.2) is 11.5 Å². The molecule has 3 amide bonds. The van der Waals surface area contributed by atoms with Crippen LogP contribution < -0.4 is 14.8 Å². The number of ether oxygens (including phenoxy) is 2. The van der Waals surface area contributed by atoms with Gasteiger partial charge >= 0.3 is 6.03 Å². The molecule has 1 saturated heterocycles. The Kier molecular flexibility index (Phi) is 7.70. The summed E-state index contributed by atoms with van der Waals surface area (Å²) in [4.78, 5) is 25.6. The highest BCUT2D eigenvalue weighted by Crippen LogP contribution is 2.38. The van der Waals surface area contributed by atoms with Crippen LogP contribution in [0, 0.1) is 0 Å². The number of carbonyl (C=O) groups excluding carboxylic acids is 2. The lowest BCUT2D eigenvalue weighted by Crippen LogP contribution is -2.31. The van der Waals surface area contributed by atoms with Crippen molar-refractivity contribution in [3.63, 3.8) is 0 Å². The molecule has 9 heteroatoms. The molecule has 0 unspecified atom stereocenters. The topological polar surface area (TPSA) is 67.9 Å². The third-order valence-corrected chi connectivity index (χ3v) is 5.44. The van der Waals surface area contributed by atoms with Crippen molar-refractivity contribution in [2.75, 3.05) is 13.2 Å². The van der Waals surface area contributed by atoms with E-state index in [1.165, 1.54) is 4.90 Å². The molecule has 0 radical (unpaired) electrons. The van der Waals surface area contributed by atoms with E-state index in [1.807, 2.05) is 13.8 Å². The predicted molar refractivity (Wildman–Crippen MR) is 122 cm³/mol. The third kappa shape index (κ3) is 5.45. The van der Waals surface area contributed by atoms with Crippen LogP contribution in [-0.4, -0.2) is 30.0 Å². The SMILES string of the molecule is CCCN1C(=O)N/C(=C/c2cc(Cl)c(OCc3ccc(Cl)c(Cl)c3)c(OCC)c2)C1=O. The van der Waals surface area contributed by atoms with Crippen molar-refractivity contribution in [2.24, 2.45) is 0 Å². The van der Waals surface area contributed by atoms with E-state index < -0.39 is 6.03 Å². The largest absolute Gasteiger partial charge is 0.490 e. The van der Waals surface area contributed by atoms with Gasteiger partial charge in [-0.05, 0) is 54.8 Å². The molecular weight excluding hydrogens is 463 g/mol.